The van der Waals surface area contributed by atoms with Gasteiger partial charge in [-0.2, -0.15) is 26.3 Å². The summed E-state index contributed by atoms with van der Waals surface area (Å²) in [6, 6.07) is 5.54. The average Bonchev–Trinajstić information content (AvgIpc) is 3.32. The van der Waals surface area contributed by atoms with Crippen molar-refractivity contribution < 1.29 is 45.1 Å². The van der Waals surface area contributed by atoms with Gasteiger partial charge in [-0.05, 0) is 67.3 Å². The van der Waals surface area contributed by atoms with Crippen molar-refractivity contribution in [3.8, 4) is 0 Å². The van der Waals surface area contributed by atoms with Crippen molar-refractivity contribution >= 4 is 17.7 Å². The number of ether oxygens (including phenoxy) is 1. The first-order valence-electron chi connectivity index (χ1n) is 14.4. The van der Waals surface area contributed by atoms with Crippen molar-refractivity contribution in [2.75, 3.05) is 38.1 Å². The highest BCUT2D eigenvalue weighted by atomic mass is 19.4. The van der Waals surface area contributed by atoms with Crippen LogP contribution in [0.15, 0.2) is 36.4 Å². The van der Waals surface area contributed by atoms with Gasteiger partial charge in [-0.25, -0.2) is 9.18 Å². The number of carbonyl (C=O) groups is 2. The number of aryl methyl sites for hydroxylation is 1. The maximum absolute atomic E-state index is 13.9. The van der Waals surface area contributed by atoms with Crippen molar-refractivity contribution in [2.24, 2.45) is 0 Å². The van der Waals surface area contributed by atoms with E-state index in [1.807, 2.05) is 9.80 Å². The van der Waals surface area contributed by atoms with Crippen molar-refractivity contribution in [3.05, 3.63) is 64.5 Å². The molecule has 7 nitrogen and oxygen atoms in total. The first-order valence-corrected chi connectivity index (χ1v) is 14.4. The highest BCUT2D eigenvalue weighted by molar-refractivity contribution is 5.79. The van der Waals surface area contributed by atoms with Crippen LogP contribution in [0.1, 0.15) is 47.9 Å². The Morgan fingerprint density at radius 3 is 2.25 bits per heavy atom. The van der Waals surface area contributed by atoms with E-state index in [1.165, 1.54) is 19.2 Å². The van der Waals surface area contributed by atoms with Crippen LogP contribution in [0.25, 0.3) is 0 Å². The van der Waals surface area contributed by atoms with E-state index in [0.29, 0.717) is 68.8 Å². The molecular formula is C30H33F7N4O3. The molecule has 3 fully saturated rings. The predicted molar refractivity (Wildman–Crippen MR) is 146 cm³/mol. The van der Waals surface area contributed by atoms with Gasteiger partial charge in [-0.15, -0.1) is 0 Å². The summed E-state index contributed by atoms with van der Waals surface area (Å²) in [7, 11) is 1.24. The first kappa shape index (κ1) is 31.9. The topological polar surface area (TPSA) is 56.3 Å². The number of hydrogen-bond donors (Lipinski definition) is 0. The van der Waals surface area contributed by atoms with Crippen LogP contribution in [-0.4, -0.2) is 78.2 Å². The van der Waals surface area contributed by atoms with Crippen LogP contribution in [0.5, 0.6) is 0 Å². The summed E-state index contributed by atoms with van der Waals surface area (Å²) in [6.07, 6.45) is -9.46. The summed E-state index contributed by atoms with van der Waals surface area (Å²) in [4.78, 5) is 32.4. The van der Waals surface area contributed by atoms with Gasteiger partial charge < -0.3 is 19.4 Å². The first-order chi connectivity index (χ1) is 20.6. The van der Waals surface area contributed by atoms with E-state index in [4.69, 9.17) is 4.74 Å². The Kier molecular flexibility index (Phi) is 8.76. The third kappa shape index (κ3) is 6.89. The van der Waals surface area contributed by atoms with E-state index in [1.54, 1.807) is 13.0 Å². The van der Waals surface area contributed by atoms with Crippen molar-refractivity contribution in [1.82, 2.24) is 14.7 Å². The number of benzene rings is 2. The van der Waals surface area contributed by atoms with E-state index >= 15 is 0 Å². The molecule has 0 aliphatic carbocycles. The zero-order valence-corrected chi connectivity index (χ0v) is 24.2. The number of alkyl halides is 6. The summed E-state index contributed by atoms with van der Waals surface area (Å²) >= 11 is 0. The second-order valence-corrected chi connectivity index (χ2v) is 11.7. The van der Waals surface area contributed by atoms with Crippen LogP contribution < -0.4 is 4.90 Å². The molecule has 0 N–H and O–H groups in total. The zero-order valence-electron chi connectivity index (χ0n) is 24.2. The van der Waals surface area contributed by atoms with Gasteiger partial charge in [0, 0.05) is 70.4 Å². The van der Waals surface area contributed by atoms with Crippen molar-refractivity contribution in [2.45, 2.75) is 69.8 Å². The molecule has 3 aliphatic rings. The summed E-state index contributed by atoms with van der Waals surface area (Å²) in [5, 5.41) is 0. The zero-order chi connectivity index (χ0) is 32.0. The summed E-state index contributed by atoms with van der Waals surface area (Å²) in [5.41, 5.74) is -2.05. The summed E-state index contributed by atoms with van der Waals surface area (Å²) in [5.74, 6) is -0.285. The third-order valence-electron chi connectivity index (χ3n) is 8.65. The van der Waals surface area contributed by atoms with Crippen LogP contribution in [0.2, 0.25) is 0 Å². The normalized spacial score (nSPS) is 23.1. The number of carbonyl (C=O) groups excluding carboxylic acids is 2. The predicted octanol–water partition coefficient (Wildman–Crippen LogP) is 6.04. The lowest BCUT2D eigenvalue weighted by atomic mass is 9.98. The molecule has 3 atom stereocenters. The Morgan fingerprint density at radius 1 is 0.932 bits per heavy atom. The molecule has 0 spiro atoms. The number of hydrogen-bond acceptors (Lipinski definition) is 5. The fourth-order valence-corrected chi connectivity index (χ4v) is 6.45. The minimum absolute atomic E-state index is 0.00854. The molecule has 0 bridgehead atoms. The molecule has 3 saturated heterocycles. The summed E-state index contributed by atoms with van der Waals surface area (Å²) < 4.78 is 99.9. The molecule has 3 unspecified atom stereocenters. The number of piperidine rings is 1. The highest BCUT2D eigenvalue weighted by Crippen LogP contribution is 2.37. The minimum atomic E-state index is -5.02. The van der Waals surface area contributed by atoms with Gasteiger partial charge in [0.25, 0.3) is 0 Å². The van der Waals surface area contributed by atoms with Gasteiger partial charge in [-0.3, -0.25) is 9.69 Å². The lowest BCUT2D eigenvalue weighted by Gasteiger charge is -2.47. The number of rotatable bonds is 5. The third-order valence-corrected chi connectivity index (χ3v) is 8.65. The Balaban J connectivity index is 1.35. The average molecular weight is 631 g/mol. The molecule has 44 heavy (non-hydrogen) atoms. The van der Waals surface area contributed by atoms with Gasteiger partial charge in [0.05, 0.1) is 11.1 Å². The fraction of sp³-hybridized carbons (Fsp3) is 0.533. The number of fused-ring (bicyclic) bond motifs is 1. The number of piperazine rings is 1. The lowest BCUT2D eigenvalue weighted by Crippen LogP contribution is -2.58. The number of anilines is 1. The maximum atomic E-state index is 13.9. The largest absolute Gasteiger partial charge is 0.425 e. The van der Waals surface area contributed by atoms with E-state index in [2.05, 4.69) is 4.90 Å². The molecule has 240 valence electrons. The van der Waals surface area contributed by atoms with Crippen LogP contribution in [0.3, 0.4) is 0 Å². The molecule has 0 saturated carbocycles. The Bertz CT molecular complexity index is 1370. The molecular weight excluding hydrogens is 597 g/mol. The Morgan fingerprint density at radius 2 is 1.61 bits per heavy atom. The van der Waals surface area contributed by atoms with Gasteiger partial charge in [-0.1, -0.05) is 0 Å². The van der Waals surface area contributed by atoms with E-state index < -0.39 is 48.2 Å². The van der Waals surface area contributed by atoms with E-state index in [9.17, 15) is 40.3 Å². The molecule has 3 aliphatic heterocycles. The molecule has 2 aromatic rings. The highest BCUT2D eigenvalue weighted by Gasteiger charge is 2.41. The lowest BCUT2D eigenvalue weighted by molar-refractivity contribution is -0.143. The maximum Gasteiger partial charge on any atom is 0.416 e. The van der Waals surface area contributed by atoms with Gasteiger partial charge in [0.2, 0.25) is 5.91 Å². The SMILES string of the molecule is Cc1cc(F)ccc1N1CCC(N2CCN3C(=O)CCC3C2)CC1OC(=O)N(C)Cc1cc(C(F)(F)F)cc(C(F)(F)F)c1. The number of nitrogens with zero attached hydrogens (tertiary/aromatic N) is 4. The molecule has 2 amide bonds. The monoisotopic (exact) mass is 630 g/mol. The van der Waals surface area contributed by atoms with Gasteiger partial charge in [0.15, 0.2) is 6.23 Å². The van der Waals surface area contributed by atoms with Crippen LogP contribution in [0, 0.1) is 12.7 Å². The number of halogens is 7. The standard InChI is InChI=1S/C30H33F7N4O3/c1-18-11-22(31)3-5-25(18)41-8-7-23(39-9-10-40-24(17-39)4-6-26(40)42)15-27(41)44-28(43)38(2)16-19-12-20(29(32,33)34)14-21(13-19)30(35,36)37/h3,5,11-14,23-24,27H,4,6-10,15-17H2,1-2H3. The van der Waals surface area contributed by atoms with Crippen molar-refractivity contribution in [3.63, 3.8) is 0 Å². The minimum Gasteiger partial charge on any atom is -0.425 e. The Hall–Kier alpha value is -3.55. The van der Waals surface area contributed by atoms with Crippen molar-refractivity contribution in [1.29, 1.82) is 0 Å². The quantitative estimate of drug-likeness (QED) is 0.377. The second-order valence-electron chi connectivity index (χ2n) is 11.7. The van der Waals surface area contributed by atoms with Crippen LogP contribution in [0.4, 0.5) is 41.2 Å². The number of amides is 2. The summed E-state index contributed by atoms with van der Waals surface area (Å²) in [6.45, 7) is 3.55. The van der Waals surface area contributed by atoms with Crippen LogP contribution in [-0.2, 0) is 28.4 Å². The molecule has 0 aromatic heterocycles. The van der Waals surface area contributed by atoms with Gasteiger partial charge in [0.1, 0.15) is 5.82 Å². The molecule has 2 aromatic carbocycles. The van der Waals surface area contributed by atoms with Gasteiger partial charge >= 0.3 is 18.4 Å². The Labute approximate surface area is 250 Å². The van der Waals surface area contributed by atoms with Crippen LogP contribution >= 0.6 is 0 Å². The van der Waals surface area contributed by atoms with E-state index in [-0.39, 0.29) is 29.6 Å². The smallest absolute Gasteiger partial charge is 0.416 e. The molecule has 3 heterocycles. The molecule has 0 radical (unpaired) electrons. The molecule has 5 rings (SSSR count). The second kappa shape index (κ2) is 12.1. The fourth-order valence-electron chi connectivity index (χ4n) is 6.45. The molecule has 14 heteroatoms. The van der Waals surface area contributed by atoms with E-state index in [0.717, 1.165) is 11.3 Å².